The molecule has 0 bridgehead atoms. The summed E-state index contributed by atoms with van der Waals surface area (Å²) in [6.07, 6.45) is 2.17. The maximum absolute atomic E-state index is 13.0. The molecule has 1 saturated heterocycles. The Morgan fingerprint density at radius 3 is 2.55 bits per heavy atom. The lowest BCUT2D eigenvalue weighted by Crippen LogP contribution is -2.33. The number of carbonyl (C=O) groups excluding carboxylic acids is 2. The molecule has 8 nitrogen and oxygen atoms in total. The van der Waals surface area contributed by atoms with Crippen molar-refractivity contribution in [1.82, 2.24) is 9.97 Å². The van der Waals surface area contributed by atoms with E-state index in [4.69, 9.17) is 5.73 Å². The van der Waals surface area contributed by atoms with E-state index in [-0.39, 0.29) is 24.1 Å². The highest BCUT2D eigenvalue weighted by Crippen LogP contribution is 2.37. The van der Waals surface area contributed by atoms with Crippen molar-refractivity contribution in [2.45, 2.75) is 44.9 Å². The summed E-state index contributed by atoms with van der Waals surface area (Å²) in [6.45, 7) is 5.96. The van der Waals surface area contributed by atoms with Gasteiger partial charge in [-0.2, -0.15) is 9.97 Å². The van der Waals surface area contributed by atoms with Gasteiger partial charge in [-0.25, -0.2) is 0 Å². The van der Waals surface area contributed by atoms with E-state index < -0.39 is 5.92 Å². The van der Waals surface area contributed by atoms with Crippen molar-refractivity contribution >= 4 is 35.1 Å². The van der Waals surface area contributed by atoms with Crippen LogP contribution >= 0.6 is 0 Å². The first-order valence-electron chi connectivity index (χ1n) is 10.1. The number of benzene rings is 1. The second-order valence-corrected chi connectivity index (χ2v) is 7.94. The number of amides is 2. The quantitative estimate of drug-likeness (QED) is 0.735. The molecule has 2 aliphatic rings. The number of hydrogen-bond donors (Lipinski definition) is 3. The van der Waals surface area contributed by atoms with Crippen molar-refractivity contribution in [3.05, 3.63) is 35.4 Å². The smallest absolute Gasteiger partial charge is 0.232 e. The van der Waals surface area contributed by atoms with Crippen molar-refractivity contribution in [2.75, 3.05) is 34.4 Å². The van der Waals surface area contributed by atoms with Crippen LogP contribution in [0.15, 0.2) is 24.3 Å². The van der Waals surface area contributed by atoms with Gasteiger partial charge in [0, 0.05) is 25.2 Å². The van der Waals surface area contributed by atoms with Crippen LogP contribution in [0.3, 0.4) is 0 Å². The van der Waals surface area contributed by atoms with Crippen LogP contribution in [0.4, 0.5) is 23.3 Å². The molecule has 2 amide bonds. The van der Waals surface area contributed by atoms with Crippen LogP contribution in [-0.4, -0.2) is 34.9 Å². The second kappa shape index (κ2) is 7.69. The maximum atomic E-state index is 13.0. The van der Waals surface area contributed by atoms with E-state index in [1.165, 1.54) is 5.56 Å². The minimum absolute atomic E-state index is 0.0134. The normalized spacial score (nSPS) is 18.5. The van der Waals surface area contributed by atoms with Crippen LogP contribution in [0.5, 0.6) is 0 Å². The molecule has 29 heavy (non-hydrogen) atoms. The molecule has 0 saturated carbocycles. The number of aromatic nitrogens is 2. The van der Waals surface area contributed by atoms with Crippen LogP contribution < -0.4 is 21.3 Å². The van der Waals surface area contributed by atoms with Crippen molar-refractivity contribution in [3.8, 4) is 0 Å². The Labute approximate surface area is 169 Å². The Balaban J connectivity index is 1.60. The molecule has 1 aromatic heterocycles. The molecular weight excluding hydrogens is 368 g/mol. The SMILES string of the molecule is CC(C)c1ccc(NC(=O)[C@H]2CC(=O)Nc3nc(N4CCCC4)nc(N)c32)cc1. The minimum atomic E-state index is -0.726. The molecule has 0 spiro atoms. The van der Waals surface area contributed by atoms with Crippen LogP contribution in [0, 0.1) is 0 Å². The Kier molecular flexibility index (Phi) is 5.08. The molecule has 0 radical (unpaired) electrons. The van der Waals surface area contributed by atoms with Gasteiger partial charge in [0.2, 0.25) is 17.8 Å². The summed E-state index contributed by atoms with van der Waals surface area (Å²) < 4.78 is 0. The monoisotopic (exact) mass is 394 g/mol. The van der Waals surface area contributed by atoms with E-state index in [2.05, 4.69) is 34.4 Å². The van der Waals surface area contributed by atoms with Gasteiger partial charge < -0.3 is 21.3 Å². The van der Waals surface area contributed by atoms with Gasteiger partial charge in [-0.15, -0.1) is 0 Å². The van der Waals surface area contributed by atoms with Crippen LogP contribution in [-0.2, 0) is 9.59 Å². The Hall–Kier alpha value is -3.16. The third kappa shape index (κ3) is 3.87. The zero-order valence-corrected chi connectivity index (χ0v) is 16.7. The summed E-state index contributed by atoms with van der Waals surface area (Å²) in [7, 11) is 0. The number of nitrogens with one attached hydrogen (secondary N) is 2. The molecule has 4 rings (SSSR count). The fourth-order valence-corrected chi connectivity index (χ4v) is 3.85. The molecule has 2 aromatic rings. The molecular formula is C21H26N6O2. The molecule has 4 N–H and O–H groups in total. The van der Waals surface area contributed by atoms with Gasteiger partial charge in [0.05, 0.1) is 11.5 Å². The lowest BCUT2D eigenvalue weighted by molar-refractivity contribution is -0.123. The number of carbonyl (C=O) groups is 2. The first kappa shape index (κ1) is 19.2. The zero-order valence-electron chi connectivity index (χ0n) is 16.7. The predicted octanol–water partition coefficient (Wildman–Crippen LogP) is 2.85. The van der Waals surface area contributed by atoms with Gasteiger partial charge >= 0.3 is 0 Å². The fraction of sp³-hybridized carbons (Fsp3) is 0.429. The van der Waals surface area contributed by atoms with Gasteiger partial charge in [0.15, 0.2) is 0 Å². The standard InChI is InChI=1S/C21H26N6O2/c1-12(2)13-5-7-14(8-6-13)23-20(29)15-11-16(28)24-19-17(15)18(22)25-21(26-19)27-9-3-4-10-27/h5-8,12,15H,3-4,9-11H2,1-2H3,(H,23,29)(H3,22,24,25,26,28)/t15-/m0/s1. The van der Waals surface area contributed by atoms with Crippen molar-refractivity contribution in [3.63, 3.8) is 0 Å². The lowest BCUT2D eigenvalue weighted by Gasteiger charge is -2.26. The summed E-state index contributed by atoms with van der Waals surface area (Å²) in [6, 6.07) is 7.71. The molecule has 8 heteroatoms. The molecule has 1 atom stereocenters. The highest BCUT2D eigenvalue weighted by molar-refractivity contribution is 6.05. The van der Waals surface area contributed by atoms with Gasteiger partial charge in [0.25, 0.3) is 0 Å². The zero-order chi connectivity index (χ0) is 20.5. The lowest BCUT2D eigenvalue weighted by atomic mass is 9.91. The van der Waals surface area contributed by atoms with E-state index in [1.807, 2.05) is 29.2 Å². The summed E-state index contributed by atoms with van der Waals surface area (Å²) in [4.78, 5) is 36.2. The number of anilines is 4. The van der Waals surface area contributed by atoms with Crippen LogP contribution in [0.1, 0.15) is 56.1 Å². The molecule has 152 valence electrons. The summed E-state index contributed by atoms with van der Waals surface area (Å²) in [5.41, 5.74) is 8.58. The van der Waals surface area contributed by atoms with E-state index in [0.717, 1.165) is 25.9 Å². The minimum Gasteiger partial charge on any atom is -0.383 e. The largest absolute Gasteiger partial charge is 0.383 e. The first-order valence-corrected chi connectivity index (χ1v) is 10.1. The van der Waals surface area contributed by atoms with E-state index in [1.54, 1.807) is 0 Å². The highest BCUT2D eigenvalue weighted by Gasteiger charge is 2.35. The van der Waals surface area contributed by atoms with Crippen molar-refractivity contribution < 1.29 is 9.59 Å². The van der Waals surface area contributed by atoms with E-state index in [0.29, 0.717) is 28.9 Å². The number of nitrogens with zero attached hydrogens (tertiary/aromatic N) is 3. The van der Waals surface area contributed by atoms with E-state index in [9.17, 15) is 9.59 Å². The average Bonchev–Trinajstić information content (AvgIpc) is 3.22. The molecule has 1 aromatic carbocycles. The number of nitrogens with two attached hydrogens (primary N) is 1. The third-order valence-electron chi connectivity index (χ3n) is 5.51. The second-order valence-electron chi connectivity index (χ2n) is 7.94. The Morgan fingerprint density at radius 1 is 1.21 bits per heavy atom. The molecule has 0 aliphatic carbocycles. The summed E-state index contributed by atoms with van der Waals surface area (Å²) in [5.74, 6) is 0.231. The summed E-state index contributed by atoms with van der Waals surface area (Å²) in [5, 5.41) is 5.65. The molecule has 1 fully saturated rings. The fourth-order valence-electron chi connectivity index (χ4n) is 3.85. The number of rotatable bonds is 4. The number of nitrogen functional groups attached to an aromatic ring is 1. The van der Waals surface area contributed by atoms with Crippen molar-refractivity contribution in [1.29, 1.82) is 0 Å². The van der Waals surface area contributed by atoms with Gasteiger partial charge in [0.1, 0.15) is 11.6 Å². The number of fused-ring (bicyclic) bond motifs is 1. The predicted molar refractivity (Wildman–Crippen MR) is 113 cm³/mol. The van der Waals surface area contributed by atoms with Gasteiger partial charge in [-0.1, -0.05) is 26.0 Å². The molecule has 3 heterocycles. The topological polar surface area (TPSA) is 113 Å². The number of hydrogen-bond acceptors (Lipinski definition) is 6. The Morgan fingerprint density at radius 2 is 1.90 bits per heavy atom. The maximum Gasteiger partial charge on any atom is 0.232 e. The van der Waals surface area contributed by atoms with E-state index >= 15 is 0 Å². The highest BCUT2D eigenvalue weighted by atomic mass is 16.2. The van der Waals surface area contributed by atoms with Crippen LogP contribution in [0.2, 0.25) is 0 Å². The summed E-state index contributed by atoms with van der Waals surface area (Å²) >= 11 is 0. The first-order chi connectivity index (χ1) is 13.9. The molecule has 0 unspecified atom stereocenters. The van der Waals surface area contributed by atoms with Crippen molar-refractivity contribution in [2.24, 2.45) is 0 Å². The van der Waals surface area contributed by atoms with Gasteiger partial charge in [-0.3, -0.25) is 9.59 Å². The van der Waals surface area contributed by atoms with Gasteiger partial charge in [-0.05, 0) is 36.5 Å². The average molecular weight is 394 g/mol. The third-order valence-corrected chi connectivity index (χ3v) is 5.51. The van der Waals surface area contributed by atoms with Crippen LogP contribution in [0.25, 0.3) is 0 Å². The molecule has 2 aliphatic heterocycles. The Bertz CT molecular complexity index is 935.